The van der Waals surface area contributed by atoms with E-state index < -0.39 is 0 Å². The molecule has 1 aromatic carbocycles. The smallest absolute Gasteiger partial charge is 0.225 e. The van der Waals surface area contributed by atoms with Gasteiger partial charge in [0.15, 0.2) is 11.5 Å². The number of fused-ring (bicyclic) bond motifs is 1. The van der Waals surface area contributed by atoms with Crippen molar-refractivity contribution in [3.05, 3.63) is 24.3 Å². The van der Waals surface area contributed by atoms with Crippen LogP contribution in [-0.4, -0.2) is 26.2 Å². The number of H-pyrrole nitrogens is 1. The maximum atomic E-state index is 11.4. The molecule has 2 aromatic heterocycles. The number of aromatic amines is 1. The van der Waals surface area contributed by atoms with Crippen molar-refractivity contribution >= 4 is 22.8 Å². The van der Waals surface area contributed by atoms with E-state index in [-0.39, 0.29) is 11.7 Å². The first-order valence-corrected chi connectivity index (χ1v) is 5.85. The highest BCUT2D eigenvalue weighted by Crippen LogP contribution is 2.24. The fraction of sp³-hybridized carbons (Fsp3) is 0.167. The lowest BCUT2D eigenvalue weighted by Crippen LogP contribution is -2.10. The number of hydrogen-bond acceptors (Lipinski definition) is 5. The van der Waals surface area contributed by atoms with E-state index in [2.05, 4.69) is 30.2 Å². The van der Waals surface area contributed by atoms with Gasteiger partial charge in [-0.2, -0.15) is 0 Å². The number of carbonyl (C=O) groups excluding carboxylic acids is 1. The van der Waals surface area contributed by atoms with Crippen molar-refractivity contribution in [1.29, 1.82) is 0 Å². The molecule has 7 heteroatoms. The van der Waals surface area contributed by atoms with Gasteiger partial charge >= 0.3 is 0 Å². The summed E-state index contributed by atoms with van der Waals surface area (Å²) in [6, 6.07) is 7.59. The predicted molar refractivity (Wildman–Crippen MR) is 68.3 cm³/mol. The lowest BCUT2D eigenvalue weighted by atomic mass is 10.3. The van der Waals surface area contributed by atoms with Gasteiger partial charge in [-0.1, -0.05) is 19.1 Å². The molecule has 0 saturated carbocycles. The summed E-state index contributed by atoms with van der Waals surface area (Å²) in [5.41, 5.74) is 2.08. The van der Waals surface area contributed by atoms with E-state index in [9.17, 15) is 4.79 Å². The van der Waals surface area contributed by atoms with Crippen LogP contribution in [0.2, 0.25) is 0 Å². The van der Waals surface area contributed by atoms with Crippen molar-refractivity contribution in [3.63, 3.8) is 0 Å². The Bertz CT molecular complexity index is 697. The number of nitrogens with one attached hydrogen (secondary N) is 2. The molecule has 19 heavy (non-hydrogen) atoms. The maximum absolute atomic E-state index is 11.4. The molecule has 0 saturated heterocycles. The van der Waals surface area contributed by atoms with Gasteiger partial charge in [0.25, 0.3) is 0 Å². The molecule has 7 nitrogen and oxygen atoms in total. The fourth-order valence-corrected chi connectivity index (χ4v) is 1.71. The van der Waals surface area contributed by atoms with Crippen molar-refractivity contribution in [2.45, 2.75) is 13.3 Å². The lowest BCUT2D eigenvalue weighted by molar-refractivity contribution is -0.115. The molecule has 2 N–H and O–H groups in total. The molecule has 96 valence electrons. The summed E-state index contributed by atoms with van der Waals surface area (Å²) in [6.45, 7) is 1.75. The summed E-state index contributed by atoms with van der Waals surface area (Å²) < 4.78 is 4.67. The van der Waals surface area contributed by atoms with Gasteiger partial charge < -0.3 is 10.3 Å². The van der Waals surface area contributed by atoms with Gasteiger partial charge in [0.2, 0.25) is 11.7 Å². The van der Waals surface area contributed by atoms with Crippen LogP contribution < -0.4 is 5.32 Å². The monoisotopic (exact) mass is 257 g/mol. The van der Waals surface area contributed by atoms with Crippen LogP contribution in [0.1, 0.15) is 13.3 Å². The van der Waals surface area contributed by atoms with E-state index in [1.165, 1.54) is 0 Å². The highest BCUT2D eigenvalue weighted by molar-refractivity contribution is 5.92. The molecule has 0 radical (unpaired) electrons. The number of hydrogen-bond donors (Lipinski definition) is 2. The second-order valence-electron chi connectivity index (χ2n) is 3.97. The number of anilines is 1. The second kappa shape index (κ2) is 4.52. The van der Waals surface area contributed by atoms with Gasteiger partial charge in [-0.25, -0.2) is 9.61 Å². The number of aromatic nitrogens is 4. The van der Waals surface area contributed by atoms with Crippen LogP contribution in [0.25, 0.3) is 22.6 Å². The first kappa shape index (κ1) is 11.4. The second-order valence-corrected chi connectivity index (χ2v) is 3.97. The molecule has 0 atom stereocenters. The number of carbonyl (C=O) groups is 1. The van der Waals surface area contributed by atoms with Crippen LogP contribution in [0.15, 0.2) is 28.9 Å². The van der Waals surface area contributed by atoms with Crippen LogP contribution in [0.3, 0.4) is 0 Å². The Hall–Kier alpha value is -2.70. The number of benzene rings is 1. The molecule has 2 heterocycles. The summed E-state index contributed by atoms with van der Waals surface area (Å²) in [5, 5.41) is 10.1. The molecule has 0 fully saturated rings. The molecule has 3 aromatic rings. The van der Waals surface area contributed by atoms with Crippen molar-refractivity contribution < 1.29 is 9.42 Å². The summed E-state index contributed by atoms with van der Waals surface area (Å²) in [7, 11) is 0. The van der Waals surface area contributed by atoms with Crippen LogP contribution in [0.4, 0.5) is 5.82 Å². The molecule has 0 aliphatic carbocycles. The molecular weight excluding hydrogens is 246 g/mol. The molecule has 0 aliphatic heterocycles. The van der Waals surface area contributed by atoms with E-state index in [4.69, 9.17) is 0 Å². The largest absolute Gasteiger partial charge is 0.336 e. The van der Waals surface area contributed by atoms with Crippen molar-refractivity contribution in [2.75, 3.05) is 5.32 Å². The minimum atomic E-state index is -0.159. The molecule has 0 bridgehead atoms. The number of imidazole rings is 1. The Balaban J connectivity index is 2.02. The Labute approximate surface area is 108 Å². The Morgan fingerprint density at radius 3 is 3.00 bits per heavy atom. The molecule has 0 spiro atoms. The van der Waals surface area contributed by atoms with Gasteiger partial charge in [-0.15, -0.1) is 0 Å². The van der Waals surface area contributed by atoms with Crippen molar-refractivity contribution in [1.82, 2.24) is 20.3 Å². The number of para-hydroxylation sites is 2. The Morgan fingerprint density at radius 2 is 2.21 bits per heavy atom. The van der Waals surface area contributed by atoms with E-state index >= 15 is 0 Å². The summed E-state index contributed by atoms with van der Waals surface area (Å²) >= 11 is 0. The van der Waals surface area contributed by atoms with Gasteiger partial charge in [-0.3, -0.25) is 4.79 Å². The maximum Gasteiger partial charge on any atom is 0.225 e. The molecular formula is C12H11N5O2. The average molecular weight is 257 g/mol. The van der Waals surface area contributed by atoms with Gasteiger partial charge in [0.05, 0.1) is 11.0 Å². The van der Waals surface area contributed by atoms with Crippen LogP contribution >= 0.6 is 0 Å². The number of nitrogens with zero attached hydrogens (tertiary/aromatic N) is 3. The Morgan fingerprint density at radius 1 is 1.37 bits per heavy atom. The number of amides is 1. The zero-order valence-electron chi connectivity index (χ0n) is 10.2. The van der Waals surface area contributed by atoms with Crippen molar-refractivity contribution in [2.24, 2.45) is 0 Å². The fourth-order valence-electron chi connectivity index (χ4n) is 1.71. The van der Waals surface area contributed by atoms with Gasteiger partial charge in [0.1, 0.15) is 0 Å². The first-order chi connectivity index (χ1) is 9.28. The average Bonchev–Trinajstić information content (AvgIpc) is 3.03. The normalized spacial score (nSPS) is 10.8. The predicted octanol–water partition coefficient (Wildman–Crippen LogP) is 1.96. The van der Waals surface area contributed by atoms with Gasteiger partial charge in [-0.05, 0) is 22.4 Å². The standard InChI is InChI=1S/C12H11N5O2/c1-2-9(18)15-12-10(16-19-17-12)11-13-7-5-3-4-6-8(7)14-11/h3-6H,2H2,1H3,(H,13,14)(H,15,17,18). The van der Waals surface area contributed by atoms with Crippen LogP contribution in [0, 0.1) is 0 Å². The first-order valence-electron chi connectivity index (χ1n) is 5.85. The van der Waals surface area contributed by atoms with Gasteiger partial charge in [0, 0.05) is 6.42 Å². The molecule has 0 unspecified atom stereocenters. The third-order valence-corrected chi connectivity index (χ3v) is 2.68. The van der Waals surface area contributed by atoms with Crippen molar-refractivity contribution in [3.8, 4) is 11.5 Å². The van der Waals surface area contributed by atoms with E-state index in [0.29, 0.717) is 17.9 Å². The molecule has 0 aliphatic rings. The highest BCUT2D eigenvalue weighted by atomic mass is 16.6. The lowest BCUT2D eigenvalue weighted by Gasteiger charge is -1.97. The zero-order valence-corrected chi connectivity index (χ0v) is 10.2. The number of rotatable bonds is 3. The van der Waals surface area contributed by atoms with E-state index in [0.717, 1.165) is 11.0 Å². The van der Waals surface area contributed by atoms with Crippen LogP contribution in [0.5, 0.6) is 0 Å². The van der Waals surface area contributed by atoms with E-state index in [1.54, 1.807) is 6.92 Å². The topological polar surface area (TPSA) is 96.7 Å². The summed E-state index contributed by atoms with van der Waals surface area (Å²) in [6.07, 6.45) is 0.354. The summed E-state index contributed by atoms with van der Waals surface area (Å²) in [5.74, 6) is 0.618. The minimum Gasteiger partial charge on any atom is -0.336 e. The highest BCUT2D eigenvalue weighted by Gasteiger charge is 2.17. The quantitative estimate of drug-likeness (QED) is 0.747. The van der Waals surface area contributed by atoms with Crippen LogP contribution in [-0.2, 0) is 4.79 Å². The third-order valence-electron chi connectivity index (χ3n) is 2.68. The SMILES string of the molecule is CCC(=O)Nc1nonc1-c1nc2ccccc2[nH]1. The molecule has 1 amide bonds. The molecule has 3 rings (SSSR count). The summed E-state index contributed by atoms with van der Waals surface area (Å²) in [4.78, 5) is 18.9. The zero-order chi connectivity index (χ0) is 13.2. The Kier molecular flexibility index (Phi) is 2.71. The third kappa shape index (κ3) is 2.05. The van der Waals surface area contributed by atoms with E-state index in [1.807, 2.05) is 24.3 Å². The minimum absolute atomic E-state index is 0.159.